The summed E-state index contributed by atoms with van der Waals surface area (Å²) in [4.78, 5) is 20.1. The number of rotatable bonds is 7. The molecule has 42 heavy (non-hydrogen) atoms. The maximum Gasteiger partial charge on any atom is 0.0876 e. The highest BCUT2D eigenvalue weighted by molar-refractivity contribution is 6.03. The zero-order chi connectivity index (χ0) is 29.1. The van der Waals surface area contributed by atoms with E-state index in [1.165, 1.54) is 44.5 Å². The molecule has 6 rings (SSSR count). The molecular weight excluding hydrogens is 512 g/mol. The van der Waals surface area contributed by atoms with Crippen LogP contribution in [-0.2, 0) is 38.5 Å². The van der Waals surface area contributed by atoms with Gasteiger partial charge in [-0.3, -0.25) is 20.0 Å². The molecule has 0 radical (unpaired) electrons. The fraction of sp³-hybridized carbons (Fsp3) is 0.368. The fourth-order valence-electron chi connectivity index (χ4n) is 6.64. The smallest absolute Gasteiger partial charge is 0.0876 e. The second-order valence-corrected chi connectivity index (χ2v) is 11.5. The summed E-state index contributed by atoms with van der Waals surface area (Å²) in [6, 6.07) is 18.0. The molecule has 2 aromatic heterocycles. The van der Waals surface area contributed by atoms with Gasteiger partial charge in [0.25, 0.3) is 0 Å². The lowest BCUT2D eigenvalue weighted by atomic mass is 9.90. The number of fused-ring (bicyclic) bond motifs is 2. The highest BCUT2D eigenvalue weighted by Crippen LogP contribution is 2.38. The largest absolute Gasteiger partial charge is 0.255 e. The van der Waals surface area contributed by atoms with Crippen LogP contribution in [0.15, 0.2) is 70.9 Å². The predicted octanol–water partition coefficient (Wildman–Crippen LogP) is 9.31. The molecule has 0 saturated heterocycles. The maximum absolute atomic E-state index is 5.33. The van der Waals surface area contributed by atoms with Crippen LogP contribution in [0.2, 0.25) is 0 Å². The molecule has 0 saturated carbocycles. The van der Waals surface area contributed by atoms with Crippen LogP contribution in [0.5, 0.6) is 0 Å². The minimum Gasteiger partial charge on any atom is -0.255 e. The normalized spacial score (nSPS) is 16.5. The van der Waals surface area contributed by atoms with Gasteiger partial charge in [0.2, 0.25) is 0 Å². The van der Waals surface area contributed by atoms with Crippen molar-refractivity contribution < 1.29 is 0 Å². The zero-order valence-electron chi connectivity index (χ0n) is 25.6. The van der Waals surface area contributed by atoms with Gasteiger partial charge in [-0.25, -0.2) is 0 Å². The average Bonchev–Trinajstić information content (AvgIpc) is 3.05. The van der Waals surface area contributed by atoms with E-state index in [9.17, 15) is 0 Å². The van der Waals surface area contributed by atoms with Crippen molar-refractivity contribution in [3.8, 4) is 11.1 Å². The van der Waals surface area contributed by atoms with Crippen LogP contribution in [0.4, 0.5) is 11.4 Å². The summed E-state index contributed by atoms with van der Waals surface area (Å²) in [7, 11) is 0. The van der Waals surface area contributed by atoms with Crippen molar-refractivity contribution >= 4 is 22.8 Å². The molecular formula is C38H42N4. The lowest BCUT2D eigenvalue weighted by Gasteiger charge is -2.20. The Balaban J connectivity index is 1.44. The zero-order valence-corrected chi connectivity index (χ0v) is 25.6. The summed E-state index contributed by atoms with van der Waals surface area (Å²) < 4.78 is 0. The first kappa shape index (κ1) is 28.2. The Labute approximate surface area is 251 Å². The summed E-state index contributed by atoms with van der Waals surface area (Å²) in [5.41, 5.74) is 17.2. The number of aliphatic imine (C=N–C) groups is 2. The van der Waals surface area contributed by atoms with Crippen molar-refractivity contribution in [1.29, 1.82) is 0 Å². The van der Waals surface area contributed by atoms with Crippen molar-refractivity contribution in [2.24, 2.45) is 9.98 Å². The molecule has 4 heteroatoms. The molecule has 2 aliphatic rings. The topological polar surface area (TPSA) is 50.5 Å². The van der Waals surface area contributed by atoms with Crippen LogP contribution >= 0.6 is 0 Å². The van der Waals surface area contributed by atoms with Crippen LogP contribution < -0.4 is 0 Å². The third-order valence-corrected chi connectivity index (χ3v) is 8.93. The number of hydrogen-bond donors (Lipinski definition) is 0. The lowest BCUT2D eigenvalue weighted by molar-refractivity contribution is 0.826. The second-order valence-electron chi connectivity index (χ2n) is 11.5. The van der Waals surface area contributed by atoms with Gasteiger partial charge in [-0.2, -0.15) is 0 Å². The highest BCUT2D eigenvalue weighted by Gasteiger charge is 2.21. The number of benzene rings is 2. The SMILES string of the molecule is CCc1cc(-c2cc(CC)c(N=C3CCCc4cccnc43)c(CC)c2)cc(CC)c1N=C1CCCc2cccnc21. The third kappa shape index (κ3) is 5.47. The Kier molecular flexibility index (Phi) is 8.41. The number of aryl methyl sites for hydroxylation is 6. The summed E-state index contributed by atoms with van der Waals surface area (Å²) >= 11 is 0. The number of aromatic nitrogens is 2. The quantitative estimate of drug-likeness (QED) is 0.228. The highest BCUT2D eigenvalue weighted by atomic mass is 14.8. The average molecular weight is 555 g/mol. The van der Waals surface area contributed by atoms with E-state index in [0.717, 1.165) is 98.4 Å². The van der Waals surface area contributed by atoms with E-state index in [0.29, 0.717) is 0 Å². The standard InChI is InChI=1S/C38H42N4/c1-5-25-21-31(22-26(6-2)35(25)41-33-17-9-13-29-15-11-19-39-37(29)33)32-23-27(7-3)36(28(8-4)24-32)42-34-18-10-14-30-16-12-20-40-38(30)34/h11-12,15-16,19-24H,5-10,13-14,17-18H2,1-4H3. The molecule has 4 nitrogen and oxygen atoms in total. The van der Waals surface area contributed by atoms with Gasteiger partial charge in [0.15, 0.2) is 0 Å². The van der Waals surface area contributed by atoms with Crippen LogP contribution in [0.1, 0.15) is 98.1 Å². The first-order valence-electron chi connectivity index (χ1n) is 16.0. The lowest BCUT2D eigenvalue weighted by Crippen LogP contribution is -2.14. The Bertz CT molecular complexity index is 1500. The van der Waals surface area contributed by atoms with Crippen LogP contribution in [0.25, 0.3) is 11.1 Å². The molecule has 0 unspecified atom stereocenters. The molecule has 2 heterocycles. The maximum atomic E-state index is 5.33. The van der Waals surface area contributed by atoms with Gasteiger partial charge in [0.1, 0.15) is 0 Å². The summed E-state index contributed by atoms with van der Waals surface area (Å²) in [5, 5.41) is 0. The number of hydrogen-bond acceptors (Lipinski definition) is 4. The van der Waals surface area contributed by atoms with Crippen molar-refractivity contribution in [3.05, 3.63) is 106 Å². The van der Waals surface area contributed by atoms with E-state index in [1.54, 1.807) is 0 Å². The first-order chi connectivity index (χ1) is 20.6. The molecule has 0 amide bonds. The van der Waals surface area contributed by atoms with E-state index < -0.39 is 0 Å². The van der Waals surface area contributed by atoms with Gasteiger partial charge in [0.05, 0.1) is 34.2 Å². The Hall–Kier alpha value is -3.92. The van der Waals surface area contributed by atoms with Gasteiger partial charge < -0.3 is 0 Å². The van der Waals surface area contributed by atoms with Crippen molar-refractivity contribution in [3.63, 3.8) is 0 Å². The van der Waals surface area contributed by atoms with Gasteiger partial charge >= 0.3 is 0 Å². The van der Waals surface area contributed by atoms with Crippen LogP contribution in [-0.4, -0.2) is 21.4 Å². The minimum absolute atomic E-state index is 0.946. The number of nitrogens with zero attached hydrogens (tertiary/aromatic N) is 4. The van der Waals surface area contributed by atoms with Gasteiger partial charge in [0, 0.05) is 12.4 Å². The second kappa shape index (κ2) is 12.5. The molecule has 0 aliphatic heterocycles. The summed E-state index contributed by atoms with van der Waals surface area (Å²) in [6.07, 6.45) is 14.0. The van der Waals surface area contributed by atoms with Crippen molar-refractivity contribution in [2.45, 2.75) is 91.9 Å². The molecule has 0 fully saturated rings. The molecule has 0 bridgehead atoms. The van der Waals surface area contributed by atoms with E-state index in [-0.39, 0.29) is 0 Å². The fourth-order valence-corrected chi connectivity index (χ4v) is 6.64. The molecule has 214 valence electrons. The monoisotopic (exact) mass is 554 g/mol. The Morgan fingerprint density at radius 1 is 0.548 bits per heavy atom. The van der Waals surface area contributed by atoms with Crippen LogP contribution in [0, 0.1) is 0 Å². The van der Waals surface area contributed by atoms with Crippen molar-refractivity contribution in [1.82, 2.24) is 9.97 Å². The Morgan fingerprint density at radius 3 is 1.29 bits per heavy atom. The van der Waals surface area contributed by atoms with Crippen molar-refractivity contribution in [2.75, 3.05) is 0 Å². The summed E-state index contributed by atoms with van der Waals surface area (Å²) in [5.74, 6) is 0. The first-order valence-corrected chi connectivity index (χ1v) is 16.0. The Morgan fingerprint density at radius 2 is 0.929 bits per heavy atom. The minimum atomic E-state index is 0.946. The van der Waals surface area contributed by atoms with Gasteiger partial charge in [-0.15, -0.1) is 0 Å². The molecule has 4 aromatic rings. The van der Waals surface area contributed by atoms with E-state index in [2.05, 4.69) is 64.1 Å². The summed E-state index contributed by atoms with van der Waals surface area (Å²) in [6.45, 7) is 9.00. The van der Waals surface area contributed by atoms with Gasteiger partial charge in [-0.05, 0) is 145 Å². The predicted molar refractivity (Wildman–Crippen MR) is 176 cm³/mol. The van der Waals surface area contributed by atoms with E-state index in [4.69, 9.17) is 20.0 Å². The van der Waals surface area contributed by atoms with E-state index in [1.807, 2.05) is 24.5 Å². The van der Waals surface area contributed by atoms with Crippen LogP contribution in [0.3, 0.4) is 0 Å². The van der Waals surface area contributed by atoms with E-state index >= 15 is 0 Å². The molecule has 2 aliphatic carbocycles. The molecule has 2 aromatic carbocycles. The number of pyridine rings is 2. The van der Waals surface area contributed by atoms with Gasteiger partial charge in [-0.1, -0.05) is 39.8 Å². The molecule has 0 N–H and O–H groups in total. The molecule has 0 atom stereocenters. The third-order valence-electron chi connectivity index (χ3n) is 8.93. The molecule has 0 spiro atoms.